The van der Waals surface area contributed by atoms with Gasteiger partial charge in [0, 0.05) is 0 Å². The summed E-state index contributed by atoms with van der Waals surface area (Å²) in [5, 5.41) is 0. The molecule has 0 aromatic rings. The summed E-state index contributed by atoms with van der Waals surface area (Å²) < 4.78 is 0. The van der Waals surface area contributed by atoms with Gasteiger partial charge in [-0.2, -0.15) is 0 Å². The van der Waals surface area contributed by atoms with Gasteiger partial charge in [-0.25, -0.2) is 0 Å². The zero-order chi connectivity index (χ0) is 4.12. The third kappa shape index (κ3) is 33.1. The predicted molar refractivity (Wildman–Crippen MR) is 25.0 cm³/mol. The third-order valence-electron chi connectivity index (χ3n) is 0.236. The molecule has 0 amide bonds. The normalized spacial score (nSPS) is 12.0. The van der Waals surface area contributed by atoms with Crippen molar-refractivity contribution in [2.24, 2.45) is 0 Å². The van der Waals surface area contributed by atoms with Gasteiger partial charge in [0.05, 0.1) is 0 Å². The first-order valence-corrected chi connectivity index (χ1v) is 1.65. The molecule has 0 saturated carbocycles. The average Bonchev–Trinajstić information content (AvgIpc) is 2.19. The van der Waals surface area contributed by atoms with Crippen molar-refractivity contribution in [2.75, 3.05) is 0 Å². The summed E-state index contributed by atoms with van der Waals surface area (Å²) in [6.07, 6.45) is 5.50. The van der Waals surface area contributed by atoms with Crippen LogP contribution in [0.25, 0.3) is 0 Å². The van der Waals surface area contributed by atoms with Crippen LogP contribution in [-0.2, 0) is 0 Å². The van der Waals surface area contributed by atoms with E-state index in [0.717, 1.165) is 0 Å². The van der Waals surface area contributed by atoms with E-state index >= 15 is 0 Å². The lowest BCUT2D eigenvalue weighted by atomic mass is 10.9. The van der Waals surface area contributed by atoms with Crippen molar-refractivity contribution in [3.63, 3.8) is 0 Å². The van der Waals surface area contributed by atoms with Gasteiger partial charge in [0.15, 0.2) is 0 Å². The molecule has 0 fully saturated rings. The van der Waals surface area contributed by atoms with E-state index in [1.165, 1.54) is 6.42 Å². The molecule has 0 N–H and O–H groups in total. The van der Waals surface area contributed by atoms with Gasteiger partial charge in [-0.15, -0.1) is 13.2 Å². The fourth-order valence-electron chi connectivity index (χ4n) is 0. The van der Waals surface area contributed by atoms with Crippen LogP contribution < -0.4 is 0 Å². The standard InChI is InChI=1S/C3H4.C2H4/c1-2-3-1;1-2/h1-2H,3H2;1-2H2. The molecule has 0 spiro atoms. The molecule has 0 heteroatoms. The molecule has 0 saturated heterocycles. The summed E-state index contributed by atoms with van der Waals surface area (Å²) in [6, 6.07) is 0. The SMILES string of the molecule is C1=CC1.C=C. The largest absolute Gasteiger partial charge is 0.106 e. The first-order chi connectivity index (χ1) is 2.50. The van der Waals surface area contributed by atoms with E-state index in [2.05, 4.69) is 25.3 Å². The van der Waals surface area contributed by atoms with Crippen LogP contribution in [0.1, 0.15) is 6.42 Å². The summed E-state index contributed by atoms with van der Waals surface area (Å²) >= 11 is 0. The highest BCUT2D eigenvalue weighted by Gasteiger charge is 1.75. The molecule has 1 rings (SSSR count). The second-order valence-electron chi connectivity index (χ2n) is 0.707. The molecule has 0 unspecified atom stereocenters. The summed E-state index contributed by atoms with van der Waals surface area (Å²) in [7, 11) is 0. The molecule has 0 aliphatic heterocycles. The van der Waals surface area contributed by atoms with E-state index < -0.39 is 0 Å². The van der Waals surface area contributed by atoms with Gasteiger partial charge in [-0.1, -0.05) is 12.2 Å². The second-order valence-corrected chi connectivity index (χ2v) is 0.707. The Morgan fingerprint density at radius 2 is 1.40 bits per heavy atom. The van der Waals surface area contributed by atoms with Gasteiger partial charge in [0.2, 0.25) is 0 Å². The van der Waals surface area contributed by atoms with Gasteiger partial charge in [-0.05, 0) is 6.42 Å². The minimum atomic E-state index is 1.25. The molecule has 0 nitrogen and oxygen atoms in total. The van der Waals surface area contributed by atoms with Crippen LogP contribution in [0.3, 0.4) is 0 Å². The van der Waals surface area contributed by atoms with Gasteiger partial charge < -0.3 is 0 Å². The monoisotopic (exact) mass is 68.1 g/mol. The van der Waals surface area contributed by atoms with Crippen molar-refractivity contribution in [1.29, 1.82) is 0 Å². The van der Waals surface area contributed by atoms with Gasteiger partial charge >= 0.3 is 0 Å². The molecule has 0 radical (unpaired) electrons. The van der Waals surface area contributed by atoms with Gasteiger partial charge in [-0.3, -0.25) is 0 Å². The molecule has 0 heterocycles. The van der Waals surface area contributed by atoms with E-state index in [1.54, 1.807) is 0 Å². The zero-order valence-corrected chi connectivity index (χ0v) is 3.28. The minimum Gasteiger partial charge on any atom is -0.106 e. The Bertz CT molecular complexity index is 31.3. The zero-order valence-electron chi connectivity index (χ0n) is 3.28. The number of hydrogen-bond acceptors (Lipinski definition) is 0. The highest BCUT2D eigenvalue weighted by molar-refractivity contribution is 5.02. The number of rotatable bonds is 0. The van der Waals surface area contributed by atoms with Crippen LogP contribution in [0.4, 0.5) is 0 Å². The topological polar surface area (TPSA) is 0 Å². The third-order valence-corrected chi connectivity index (χ3v) is 0.236. The van der Waals surface area contributed by atoms with E-state index in [9.17, 15) is 0 Å². The lowest BCUT2D eigenvalue weighted by Crippen LogP contribution is -0.956. The second kappa shape index (κ2) is 3.48. The molecule has 0 bridgehead atoms. The fraction of sp³-hybridized carbons (Fsp3) is 0.200. The fourth-order valence-corrected chi connectivity index (χ4v) is 0. The maximum atomic E-state index is 3.00. The Morgan fingerprint density at radius 3 is 1.40 bits per heavy atom. The minimum absolute atomic E-state index is 1.25. The first-order valence-electron chi connectivity index (χ1n) is 1.65. The lowest BCUT2D eigenvalue weighted by Gasteiger charge is -1.15. The Balaban J connectivity index is 0.0000000733. The van der Waals surface area contributed by atoms with E-state index in [-0.39, 0.29) is 0 Å². The molecular weight excluding hydrogens is 60.1 g/mol. The van der Waals surface area contributed by atoms with E-state index in [1.807, 2.05) is 0 Å². The van der Waals surface area contributed by atoms with Crippen molar-refractivity contribution >= 4 is 0 Å². The Labute approximate surface area is 32.8 Å². The molecule has 28 valence electrons. The molecule has 1 aliphatic rings. The quantitative estimate of drug-likeness (QED) is 0.379. The Hall–Kier alpha value is -0.520. The number of allylic oxidation sites excluding steroid dienone is 2. The molecule has 0 atom stereocenters. The van der Waals surface area contributed by atoms with Crippen LogP contribution in [-0.4, -0.2) is 0 Å². The van der Waals surface area contributed by atoms with Crippen LogP contribution in [0.15, 0.2) is 25.3 Å². The van der Waals surface area contributed by atoms with Crippen LogP contribution in [0.2, 0.25) is 0 Å². The van der Waals surface area contributed by atoms with Gasteiger partial charge in [0.25, 0.3) is 0 Å². The highest BCUT2D eigenvalue weighted by Crippen LogP contribution is 1.96. The Kier molecular flexibility index (Phi) is 3.12. The first kappa shape index (κ1) is 4.48. The molecular formula is C5H8. The average molecular weight is 68.1 g/mol. The van der Waals surface area contributed by atoms with Crippen molar-refractivity contribution in [3.8, 4) is 0 Å². The van der Waals surface area contributed by atoms with Crippen molar-refractivity contribution in [3.05, 3.63) is 25.3 Å². The van der Waals surface area contributed by atoms with E-state index in [4.69, 9.17) is 0 Å². The smallest absolute Gasteiger partial charge is 0.0169 e. The van der Waals surface area contributed by atoms with E-state index in [0.29, 0.717) is 0 Å². The number of hydrogen-bond donors (Lipinski definition) is 0. The van der Waals surface area contributed by atoms with Crippen LogP contribution in [0, 0.1) is 0 Å². The van der Waals surface area contributed by atoms with Crippen molar-refractivity contribution in [1.82, 2.24) is 0 Å². The highest BCUT2D eigenvalue weighted by atomic mass is 13.8. The molecule has 5 heavy (non-hydrogen) atoms. The predicted octanol–water partition coefficient (Wildman–Crippen LogP) is 1.75. The maximum Gasteiger partial charge on any atom is -0.0169 e. The summed E-state index contributed by atoms with van der Waals surface area (Å²) in [4.78, 5) is 0. The lowest BCUT2D eigenvalue weighted by molar-refractivity contribution is 1.71. The molecule has 0 aromatic carbocycles. The van der Waals surface area contributed by atoms with Crippen molar-refractivity contribution in [2.45, 2.75) is 6.42 Å². The Morgan fingerprint density at radius 1 is 1.20 bits per heavy atom. The van der Waals surface area contributed by atoms with Crippen LogP contribution >= 0.6 is 0 Å². The summed E-state index contributed by atoms with van der Waals surface area (Å²) in [6.45, 7) is 6.00. The summed E-state index contributed by atoms with van der Waals surface area (Å²) in [5.41, 5.74) is 0. The molecule has 0 aromatic heterocycles. The van der Waals surface area contributed by atoms with Crippen LogP contribution in [0.5, 0.6) is 0 Å². The van der Waals surface area contributed by atoms with Crippen molar-refractivity contribution < 1.29 is 0 Å². The summed E-state index contributed by atoms with van der Waals surface area (Å²) in [5.74, 6) is 0. The molecule has 1 aliphatic carbocycles. The maximum absolute atomic E-state index is 3.00. The van der Waals surface area contributed by atoms with Gasteiger partial charge in [0.1, 0.15) is 0 Å².